The fourth-order valence-electron chi connectivity index (χ4n) is 3.63. The van der Waals surface area contributed by atoms with Crippen molar-refractivity contribution >= 4 is 18.5 Å². The molecule has 2 N–H and O–H groups in total. The first-order valence-corrected chi connectivity index (χ1v) is 11.8. The quantitative estimate of drug-likeness (QED) is 0.379. The van der Waals surface area contributed by atoms with E-state index in [2.05, 4.69) is 104 Å². The van der Waals surface area contributed by atoms with E-state index in [9.17, 15) is 0 Å². The van der Waals surface area contributed by atoms with Crippen LogP contribution in [0.2, 0.25) is 0 Å². The summed E-state index contributed by atoms with van der Waals surface area (Å²) in [5.41, 5.74) is 9.16. The summed E-state index contributed by atoms with van der Waals surface area (Å²) in [4.78, 5) is 0. The summed E-state index contributed by atoms with van der Waals surface area (Å²) in [5, 5.41) is 2.70. The van der Waals surface area contributed by atoms with Crippen LogP contribution in [0.1, 0.15) is 11.6 Å². The fourth-order valence-corrected chi connectivity index (χ4v) is 6.14. The molecule has 10 radical (unpaired) electrons. The molecule has 0 unspecified atom stereocenters. The molecule has 0 saturated heterocycles. The van der Waals surface area contributed by atoms with Crippen molar-refractivity contribution in [2.45, 2.75) is 6.04 Å². The molecule has 2 saturated carbocycles. The molecule has 1 nitrogen and oxygen atoms in total. The summed E-state index contributed by atoms with van der Waals surface area (Å²) in [6.45, 7) is 0. The summed E-state index contributed by atoms with van der Waals surface area (Å²) in [5.74, 6) is 1.22. The summed E-state index contributed by atoms with van der Waals surface area (Å²) < 4.78 is 0. The van der Waals surface area contributed by atoms with Crippen LogP contribution in [-0.4, -0.2) is 0 Å². The minimum Gasteiger partial charge on any atom is -0.323 e. The second-order valence-corrected chi connectivity index (χ2v) is 9.41. The van der Waals surface area contributed by atoms with E-state index in [0.29, 0.717) is 0 Å². The van der Waals surface area contributed by atoms with Gasteiger partial charge >= 0.3 is 0 Å². The van der Waals surface area contributed by atoms with Crippen molar-refractivity contribution in [2.75, 3.05) is 0 Å². The number of benzene rings is 3. The second kappa shape index (κ2) is 13.3. The Bertz CT molecular complexity index is 836. The van der Waals surface area contributed by atoms with Crippen LogP contribution in [0, 0.1) is 62.9 Å². The standard InChI is InChI=1S/C24H21NP.C5H5.Fe/c25-24(19-11-4-1-5-12-19)22-17-10-18-23(22)26(20-13-6-2-7-14-20)21-15-8-3-9-16-21;1-2-4-5-3-1;/h1-18,24H,25H2;1-5H;/t24-;;/m0../s1. The zero-order chi connectivity index (χ0) is 21.3. The Morgan fingerprint density at radius 1 is 0.531 bits per heavy atom. The Labute approximate surface area is 206 Å². The summed E-state index contributed by atoms with van der Waals surface area (Å²) in [6, 6.07) is 31.8. The third-order valence-electron chi connectivity index (χ3n) is 5.14. The minimum absolute atomic E-state index is 0. The van der Waals surface area contributed by atoms with Gasteiger partial charge in [-0.3, -0.25) is 0 Å². The maximum absolute atomic E-state index is 6.67. The third kappa shape index (κ3) is 6.55. The minimum atomic E-state index is -0.633. The predicted molar refractivity (Wildman–Crippen MR) is 133 cm³/mol. The van der Waals surface area contributed by atoms with Crippen LogP contribution in [0.4, 0.5) is 0 Å². The number of rotatable bonds is 5. The van der Waals surface area contributed by atoms with Crippen LogP contribution in [-0.2, 0) is 17.1 Å². The Morgan fingerprint density at radius 3 is 1.44 bits per heavy atom. The van der Waals surface area contributed by atoms with E-state index in [1.807, 2.05) is 38.2 Å². The molecular formula is C29H26FeNP. The normalized spacial score (nSPS) is 17.4. The van der Waals surface area contributed by atoms with Crippen LogP contribution in [0.5, 0.6) is 0 Å². The van der Waals surface area contributed by atoms with Crippen molar-refractivity contribution in [3.05, 3.63) is 160 Å². The van der Waals surface area contributed by atoms with E-state index in [-0.39, 0.29) is 23.1 Å². The van der Waals surface area contributed by atoms with Gasteiger partial charge in [-0.15, -0.1) is 0 Å². The van der Waals surface area contributed by atoms with Gasteiger partial charge in [0.15, 0.2) is 0 Å². The number of nitrogens with two attached hydrogens (primary N) is 1. The Morgan fingerprint density at radius 2 is 0.969 bits per heavy atom. The zero-order valence-corrected chi connectivity index (χ0v) is 19.7. The van der Waals surface area contributed by atoms with Crippen LogP contribution >= 0.6 is 7.92 Å². The van der Waals surface area contributed by atoms with Crippen molar-refractivity contribution in [3.63, 3.8) is 0 Å². The Balaban J connectivity index is 0.000000427. The van der Waals surface area contributed by atoms with Gasteiger partial charge in [-0.2, -0.15) is 0 Å². The van der Waals surface area contributed by atoms with Gasteiger partial charge in [-0.25, -0.2) is 0 Å². The van der Waals surface area contributed by atoms with Crippen molar-refractivity contribution in [1.82, 2.24) is 0 Å². The average Bonchev–Trinajstić information content (AvgIpc) is 3.57. The summed E-state index contributed by atoms with van der Waals surface area (Å²) >= 11 is 0. The van der Waals surface area contributed by atoms with Crippen molar-refractivity contribution in [2.24, 2.45) is 5.73 Å². The van der Waals surface area contributed by atoms with Crippen molar-refractivity contribution in [3.8, 4) is 0 Å². The molecule has 0 amide bonds. The average molecular weight is 475 g/mol. The second-order valence-electron chi connectivity index (χ2n) is 7.22. The maximum atomic E-state index is 6.67. The van der Waals surface area contributed by atoms with Gasteiger partial charge in [0.05, 0.1) is 0 Å². The van der Waals surface area contributed by atoms with Crippen LogP contribution in [0.25, 0.3) is 0 Å². The maximum Gasteiger partial charge on any atom is 0.0371 e. The van der Waals surface area contributed by atoms with Gasteiger partial charge in [-0.05, 0) is 75.5 Å². The first-order chi connectivity index (χ1) is 15.3. The van der Waals surface area contributed by atoms with Crippen molar-refractivity contribution in [1.29, 1.82) is 0 Å². The van der Waals surface area contributed by atoms with E-state index >= 15 is 0 Å². The molecule has 0 bridgehead atoms. The first kappa shape index (κ1) is 25.2. The molecule has 3 heteroatoms. The smallest absolute Gasteiger partial charge is 0.0371 e. The van der Waals surface area contributed by atoms with E-state index in [4.69, 9.17) is 5.73 Å². The molecule has 3 aromatic rings. The molecule has 5 rings (SSSR count). The molecule has 2 aliphatic rings. The topological polar surface area (TPSA) is 26.0 Å². The third-order valence-corrected chi connectivity index (χ3v) is 7.66. The molecule has 0 spiro atoms. The molecule has 32 heavy (non-hydrogen) atoms. The van der Waals surface area contributed by atoms with E-state index in [0.717, 1.165) is 5.56 Å². The SMILES string of the molecule is N[C@H]([C]1[CH][CH][CH][C]1P(c1ccccc1)c1ccccc1)c1ccccc1.[CH]1[CH][CH][CH][CH]1.[Fe]. The van der Waals surface area contributed by atoms with Crippen LogP contribution in [0.3, 0.4) is 0 Å². The van der Waals surface area contributed by atoms with Crippen LogP contribution < -0.4 is 16.3 Å². The van der Waals surface area contributed by atoms with Crippen LogP contribution in [0.15, 0.2) is 91.0 Å². The van der Waals surface area contributed by atoms with E-state index < -0.39 is 7.92 Å². The zero-order valence-electron chi connectivity index (χ0n) is 17.7. The van der Waals surface area contributed by atoms with Crippen molar-refractivity contribution < 1.29 is 17.1 Å². The van der Waals surface area contributed by atoms with Gasteiger partial charge in [0, 0.05) is 34.7 Å². The largest absolute Gasteiger partial charge is 0.323 e. The molecular weight excluding hydrogens is 449 g/mol. The molecule has 160 valence electrons. The number of hydrogen-bond acceptors (Lipinski definition) is 1. The number of hydrogen-bond donors (Lipinski definition) is 1. The molecule has 2 fully saturated rings. The fraction of sp³-hybridized carbons (Fsp3) is 0.0345. The predicted octanol–water partition coefficient (Wildman–Crippen LogP) is 5.57. The van der Waals surface area contributed by atoms with Gasteiger partial charge in [0.1, 0.15) is 0 Å². The first-order valence-electron chi connectivity index (χ1n) is 10.5. The molecule has 0 heterocycles. The molecule has 2 aliphatic carbocycles. The van der Waals surface area contributed by atoms with E-state index in [1.54, 1.807) is 0 Å². The van der Waals surface area contributed by atoms with Gasteiger partial charge in [0.2, 0.25) is 0 Å². The summed E-state index contributed by atoms with van der Waals surface area (Å²) in [6.07, 6.45) is 16.5. The van der Waals surface area contributed by atoms with Gasteiger partial charge in [-0.1, -0.05) is 91.0 Å². The molecule has 3 aromatic carbocycles. The Hall–Kier alpha value is -1.43. The van der Waals surface area contributed by atoms with Gasteiger partial charge < -0.3 is 5.73 Å². The van der Waals surface area contributed by atoms with Gasteiger partial charge in [0.25, 0.3) is 0 Å². The monoisotopic (exact) mass is 475 g/mol. The summed E-state index contributed by atoms with van der Waals surface area (Å²) in [7, 11) is -0.633. The Kier molecular flexibility index (Phi) is 10.5. The molecule has 0 aromatic heterocycles. The van der Waals surface area contributed by atoms with E-state index in [1.165, 1.54) is 22.2 Å². The molecule has 0 aliphatic heterocycles. The molecule has 1 atom stereocenters.